The number of aromatic hydroxyl groups is 1. The number of hydrogen-bond acceptors (Lipinski definition) is 2. The summed E-state index contributed by atoms with van der Waals surface area (Å²) in [6.45, 7) is 6.04. The lowest BCUT2D eigenvalue weighted by molar-refractivity contribution is 0.476. The van der Waals surface area contributed by atoms with Crippen molar-refractivity contribution in [3.8, 4) is 5.75 Å². The summed E-state index contributed by atoms with van der Waals surface area (Å²) < 4.78 is 13.0. The van der Waals surface area contributed by atoms with Crippen molar-refractivity contribution in [2.24, 2.45) is 0 Å². The van der Waals surface area contributed by atoms with Gasteiger partial charge in [-0.25, -0.2) is 4.39 Å². The summed E-state index contributed by atoms with van der Waals surface area (Å²) in [5, 5.41) is 13.4. The van der Waals surface area contributed by atoms with Crippen molar-refractivity contribution in [1.29, 1.82) is 0 Å². The monoisotopic (exact) mass is 417 g/mol. The van der Waals surface area contributed by atoms with Gasteiger partial charge in [-0.2, -0.15) is 0 Å². The number of fused-ring (bicyclic) bond motifs is 2. The minimum Gasteiger partial charge on any atom is -0.508 e. The van der Waals surface area contributed by atoms with E-state index in [-0.39, 0.29) is 10.8 Å². The Morgan fingerprint density at radius 2 is 1.46 bits per heavy atom. The molecule has 0 spiro atoms. The van der Waals surface area contributed by atoms with Crippen LogP contribution in [0.1, 0.15) is 19.4 Å². The van der Waals surface area contributed by atoms with Crippen LogP contribution >= 0.6 is 23.2 Å². The fourth-order valence-corrected chi connectivity index (χ4v) is 3.26. The predicted octanol–water partition coefficient (Wildman–Crippen LogP) is 7.75. The molecule has 0 atom stereocenters. The van der Waals surface area contributed by atoms with Crippen LogP contribution in [0.25, 0.3) is 21.5 Å². The number of nitrogens with two attached hydrogens (primary N) is 1. The first-order chi connectivity index (χ1) is 13.4. The molecule has 3 N–H and O–H groups in total. The molecule has 0 bridgehead atoms. The quantitative estimate of drug-likeness (QED) is 0.287. The molecule has 4 aromatic rings. The number of nitrogen functional groups attached to an aromatic ring is 1. The molecule has 0 saturated carbocycles. The minimum absolute atomic E-state index is 0.0949. The lowest BCUT2D eigenvalue weighted by atomic mass is 10.0. The molecule has 0 heterocycles. The SMILES string of the molecule is CC.Cc1cc(N)c(Cl)c2ccccc12.Oc1ccc2c(Cl)c(F)ccc2c1. The molecule has 0 aliphatic rings. The maximum atomic E-state index is 13.0. The molecular formula is C23H22Cl2FNO. The lowest BCUT2D eigenvalue weighted by Gasteiger charge is -2.06. The first-order valence-electron chi connectivity index (χ1n) is 8.88. The van der Waals surface area contributed by atoms with Crippen LogP contribution in [0, 0.1) is 12.7 Å². The maximum absolute atomic E-state index is 13.0. The van der Waals surface area contributed by atoms with E-state index < -0.39 is 5.82 Å². The Bertz CT molecular complexity index is 1110. The van der Waals surface area contributed by atoms with Crippen LogP contribution < -0.4 is 5.73 Å². The molecule has 28 heavy (non-hydrogen) atoms. The lowest BCUT2D eigenvalue weighted by Crippen LogP contribution is -1.89. The molecule has 0 radical (unpaired) electrons. The first kappa shape index (κ1) is 21.8. The molecule has 0 amide bonds. The van der Waals surface area contributed by atoms with E-state index in [1.807, 2.05) is 45.0 Å². The van der Waals surface area contributed by atoms with Gasteiger partial charge < -0.3 is 10.8 Å². The van der Waals surface area contributed by atoms with E-state index in [1.165, 1.54) is 17.5 Å². The third kappa shape index (κ3) is 4.67. The Kier molecular flexibility index (Phi) is 7.50. The zero-order valence-corrected chi connectivity index (χ0v) is 17.4. The third-order valence-corrected chi connectivity index (χ3v) is 4.91. The van der Waals surface area contributed by atoms with E-state index in [0.717, 1.165) is 16.3 Å². The Labute approximate surface area is 174 Å². The number of aryl methyl sites for hydroxylation is 1. The van der Waals surface area contributed by atoms with E-state index in [4.69, 9.17) is 34.0 Å². The van der Waals surface area contributed by atoms with E-state index in [2.05, 4.69) is 6.07 Å². The molecule has 0 unspecified atom stereocenters. The largest absolute Gasteiger partial charge is 0.508 e. The summed E-state index contributed by atoms with van der Waals surface area (Å²) in [5.74, 6) is -0.296. The maximum Gasteiger partial charge on any atom is 0.142 e. The summed E-state index contributed by atoms with van der Waals surface area (Å²) in [5.41, 5.74) is 7.57. The summed E-state index contributed by atoms with van der Waals surface area (Å²) >= 11 is 11.8. The molecule has 0 aliphatic heterocycles. The van der Waals surface area contributed by atoms with Gasteiger partial charge in [0.2, 0.25) is 0 Å². The van der Waals surface area contributed by atoms with Crippen LogP contribution in [0.15, 0.2) is 60.7 Å². The zero-order valence-electron chi connectivity index (χ0n) is 15.9. The molecule has 0 saturated heterocycles. The predicted molar refractivity (Wildman–Crippen MR) is 120 cm³/mol. The number of phenols is 1. The average molecular weight is 418 g/mol. The van der Waals surface area contributed by atoms with Crippen molar-refractivity contribution in [2.75, 3.05) is 5.73 Å². The Hall–Kier alpha value is -2.49. The number of anilines is 1. The number of benzene rings is 4. The zero-order chi connectivity index (χ0) is 20.8. The van der Waals surface area contributed by atoms with Crippen LogP contribution in [0.3, 0.4) is 0 Å². The van der Waals surface area contributed by atoms with Gasteiger partial charge in [0.25, 0.3) is 0 Å². The van der Waals surface area contributed by atoms with Gasteiger partial charge in [0.15, 0.2) is 0 Å². The van der Waals surface area contributed by atoms with Crippen molar-refractivity contribution in [3.05, 3.63) is 82.1 Å². The van der Waals surface area contributed by atoms with E-state index in [0.29, 0.717) is 16.1 Å². The Balaban J connectivity index is 0.000000184. The number of halogens is 3. The second kappa shape index (κ2) is 9.63. The number of rotatable bonds is 0. The molecular weight excluding hydrogens is 396 g/mol. The number of hydrogen-bond donors (Lipinski definition) is 2. The van der Waals surface area contributed by atoms with Crippen LogP contribution in [-0.2, 0) is 0 Å². The first-order valence-corrected chi connectivity index (χ1v) is 9.64. The highest BCUT2D eigenvalue weighted by molar-refractivity contribution is 6.38. The van der Waals surface area contributed by atoms with Crippen LogP contribution in [-0.4, -0.2) is 5.11 Å². The highest BCUT2D eigenvalue weighted by Gasteiger charge is 2.05. The molecule has 0 aliphatic carbocycles. The van der Waals surface area contributed by atoms with Crippen LogP contribution in [0.4, 0.5) is 10.1 Å². The third-order valence-electron chi connectivity index (χ3n) is 4.10. The highest BCUT2D eigenvalue weighted by atomic mass is 35.5. The van der Waals surface area contributed by atoms with Gasteiger partial charge in [0.1, 0.15) is 11.6 Å². The van der Waals surface area contributed by atoms with Gasteiger partial charge in [-0.3, -0.25) is 0 Å². The fraction of sp³-hybridized carbons (Fsp3) is 0.130. The van der Waals surface area contributed by atoms with Crippen molar-refractivity contribution in [2.45, 2.75) is 20.8 Å². The second-order valence-electron chi connectivity index (χ2n) is 5.91. The summed E-state index contributed by atoms with van der Waals surface area (Å²) in [4.78, 5) is 0. The minimum atomic E-state index is -0.445. The number of phenolic OH excluding ortho intramolecular Hbond substituents is 1. The van der Waals surface area contributed by atoms with Crippen LogP contribution in [0.5, 0.6) is 5.75 Å². The van der Waals surface area contributed by atoms with Crippen molar-refractivity contribution in [1.82, 2.24) is 0 Å². The molecule has 5 heteroatoms. The van der Waals surface area contributed by atoms with Crippen molar-refractivity contribution in [3.63, 3.8) is 0 Å². The van der Waals surface area contributed by atoms with E-state index >= 15 is 0 Å². The molecule has 4 aromatic carbocycles. The molecule has 146 valence electrons. The molecule has 0 aromatic heterocycles. The standard InChI is InChI=1S/C11H10ClN.C10H6ClFO.C2H6/c1-7-6-10(13)11(12)9-5-3-2-4-8(7)9;11-10-8-3-2-7(13)5-6(8)1-4-9(10)12;1-2/h2-6H,13H2,1H3;1-5,13H;1-2H3. The van der Waals surface area contributed by atoms with Gasteiger partial charge >= 0.3 is 0 Å². The van der Waals surface area contributed by atoms with Crippen molar-refractivity contribution < 1.29 is 9.50 Å². The molecule has 2 nitrogen and oxygen atoms in total. The highest BCUT2D eigenvalue weighted by Crippen LogP contribution is 2.31. The average Bonchev–Trinajstić information content (AvgIpc) is 2.71. The van der Waals surface area contributed by atoms with Gasteiger partial charge in [0.05, 0.1) is 15.7 Å². The van der Waals surface area contributed by atoms with Gasteiger partial charge in [0, 0.05) is 10.8 Å². The van der Waals surface area contributed by atoms with E-state index in [1.54, 1.807) is 18.2 Å². The summed E-state index contributed by atoms with van der Waals surface area (Å²) in [6, 6.07) is 17.4. The topological polar surface area (TPSA) is 46.2 Å². The summed E-state index contributed by atoms with van der Waals surface area (Å²) in [7, 11) is 0. The fourth-order valence-electron chi connectivity index (χ4n) is 2.80. The molecule has 0 fully saturated rings. The normalized spacial score (nSPS) is 10.1. The molecule has 4 rings (SSSR count). The second-order valence-corrected chi connectivity index (χ2v) is 6.66. The van der Waals surface area contributed by atoms with E-state index in [9.17, 15) is 4.39 Å². The van der Waals surface area contributed by atoms with Gasteiger partial charge in [-0.05, 0) is 53.6 Å². The van der Waals surface area contributed by atoms with Gasteiger partial charge in [-0.15, -0.1) is 0 Å². The summed E-state index contributed by atoms with van der Waals surface area (Å²) in [6.07, 6.45) is 0. The smallest absolute Gasteiger partial charge is 0.142 e. The van der Waals surface area contributed by atoms with Gasteiger partial charge in [-0.1, -0.05) is 67.4 Å². The Morgan fingerprint density at radius 1 is 0.821 bits per heavy atom. The van der Waals surface area contributed by atoms with Crippen molar-refractivity contribution >= 4 is 50.4 Å². The Morgan fingerprint density at radius 3 is 2.14 bits per heavy atom. The van der Waals surface area contributed by atoms with Crippen LogP contribution in [0.2, 0.25) is 10.0 Å².